The molecule has 106 valence electrons. The van der Waals surface area contributed by atoms with Crippen molar-refractivity contribution in [2.24, 2.45) is 0 Å². The molecule has 1 aliphatic heterocycles. The molecule has 1 N–H and O–H groups in total. The highest BCUT2D eigenvalue weighted by Gasteiger charge is 2.17. The van der Waals surface area contributed by atoms with Gasteiger partial charge in [-0.2, -0.15) is 0 Å². The van der Waals surface area contributed by atoms with Crippen molar-refractivity contribution in [1.82, 2.24) is 5.32 Å². The average molecular weight is 269 g/mol. The molecule has 0 aromatic heterocycles. The van der Waals surface area contributed by atoms with Crippen LogP contribution in [0.1, 0.15) is 43.4 Å². The predicted molar refractivity (Wildman–Crippen MR) is 71.1 cm³/mol. The first-order chi connectivity index (χ1) is 9.08. The second kappa shape index (κ2) is 6.44. The van der Waals surface area contributed by atoms with Gasteiger partial charge in [-0.05, 0) is 57.4 Å². The summed E-state index contributed by atoms with van der Waals surface area (Å²) < 4.78 is 32.8. The van der Waals surface area contributed by atoms with Crippen molar-refractivity contribution in [2.45, 2.75) is 45.3 Å². The third-order valence-corrected chi connectivity index (χ3v) is 3.69. The van der Waals surface area contributed by atoms with Gasteiger partial charge in [-0.3, -0.25) is 0 Å². The molecule has 1 saturated heterocycles. The third kappa shape index (κ3) is 3.74. The van der Waals surface area contributed by atoms with E-state index in [0.717, 1.165) is 32.4 Å². The van der Waals surface area contributed by atoms with Gasteiger partial charge in [0.25, 0.3) is 0 Å². The van der Waals surface area contributed by atoms with Crippen LogP contribution < -0.4 is 5.32 Å². The number of ether oxygens (including phenoxy) is 1. The zero-order valence-corrected chi connectivity index (χ0v) is 11.5. The molecule has 1 heterocycles. The molecule has 2 unspecified atom stereocenters. The fraction of sp³-hybridized carbons (Fsp3) is 0.600. The van der Waals surface area contributed by atoms with Crippen molar-refractivity contribution < 1.29 is 13.5 Å². The van der Waals surface area contributed by atoms with Crippen LogP contribution in [0.3, 0.4) is 0 Å². The van der Waals surface area contributed by atoms with Crippen LogP contribution in [-0.2, 0) is 4.74 Å². The van der Waals surface area contributed by atoms with Crippen LogP contribution in [0, 0.1) is 18.6 Å². The van der Waals surface area contributed by atoms with Gasteiger partial charge in [0, 0.05) is 18.2 Å². The number of benzene rings is 1. The van der Waals surface area contributed by atoms with Crippen LogP contribution in [0.25, 0.3) is 0 Å². The summed E-state index contributed by atoms with van der Waals surface area (Å²) in [6, 6.07) is 2.34. The molecule has 0 aliphatic carbocycles. The third-order valence-electron chi connectivity index (χ3n) is 3.69. The van der Waals surface area contributed by atoms with Crippen LogP contribution in [0.15, 0.2) is 12.1 Å². The molecule has 0 radical (unpaired) electrons. The summed E-state index contributed by atoms with van der Waals surface area (Å²) in [5.74, 6) is -0.708. The fourth-order valence-corrected chi connectivity index (χ4v) is 2.44. The predicted octanol–water partition coefficient (Wildman–Crippen LogP) is 3.49. The fourth-order valence-electron chi connectivity index (χ4n) is 2.44. The SMILES string of the molecule is Cc1cc(F)c(C(C)NCCC2CCCO2)cc1F. The summed E-state index contributed by atoms with van der Waals surface area (Å²) in [6.07, 6.45) is 3.46. The lowest BCUT2D eigenvalue weighted by molar-refractivity contribution is 0.103. The monoisotopic (exact) mass is 269 g/mol. The number of hydrogen-bond acceptors (Lipinski definition) is 2. The van der Waals surface area contributed by atoms with Gasteiger partial charge in [0.1, 0.15) is 11.6 Å². The normalized spacial score (nSPS) is 20.7. The first kappa shape index (κ1) is 14.4. The zero-order chi connectivity index (χ0) is 13.8. The van der Waals surface area contributed by atoms with Gasteiger partial charge < -0.3 is 10.1 Å². The Labute approximate surface area is 113 Å². The van der Waals surface area contributed by atoms with Crippen LogP contribution in [0.5, 0.6) is 0 Å². The van der Waals surface area contributed by atoms with E-state index < -0.39 is 0 Å². The number of hydrogen-bond donors (Lipinski definition) is 1. The van der Waals surface area contributed by atoms with E-state index in [4.69, 9.17) is 4.74 Å². The smallest absolute Gasteiger partial charge is 0.128 e. The zero-order valence-electron chi connectivity index (χ0n) is 11.5. The highest BCUT2D eigenvalue weighted by Crippen LogP contribution is 2.21. The molecule has 0 bridgehead atoms. The Morgan fingerprint density at radius 2 is 2.16 bits per heavy atom. The molecule has 1 aromatic rings. The van der Waals surface area contributed by atoms with Gasteiger partial charge in [0.2, 0.25) is 0 Å². The molecule has 2 nitrogen and oxygen atoms in total. The Morgan fingerprint density at radius 1 is 1.37 bits per heavy atom. The number of rotatable bonds is 5. The largest absolute Gasteiger partial charge is 0.378 e. The van der Waals surface area contributed by atoms with Crippen LogP contribution in [0.4, 0.5) is 8.78 Å². The van der Waals surface area contributed by atoms with Gasteiger partial charge in [0.05, 0.1) is 6.10 Å². The molecule has 2 atom stereocenters. The van der Waals surface area contributed by atoms with Crippen LogP contribution in [0.2, 0.25) is 0 Å². The minimum absolute atomic E-state index is 0.198. The molecule has 0 spiro atoms. The minimum atomic E-state index is -0.357. The van der Waals surface area contributed by atoms with E-state index in [9.17, 15) is 8.78 Å². The molecule has 1 aliphatic rings. The van der Waals surface area contributed by atoms with Crippen molar-refractivity contribution in [3.63, 3.8) is 0 Å². The molecule has 0 amide bonds. The van der Waals surface area contributed by atoms with E-state index >= 15 is 0 Å². The standard InChI is InChI=1S/C15H21F2NO/c1-10-8-15(17)13(9-14(10)16)11(2)18-6-5-12-4-3-7-19-12/h8-9,11-12,18H,3-7H2,1-2H3. The van der Waals surface area contributed by atoms with Gasteiger partial charge in [0.15, 0.2) is 0 Å². The molecular formula is C15H21F2NO. The molecule has 1 aromatic carbocycles. The van der Waals surface area contributed by atoms with Gasteiger partial charge in [-0.15, -0.1) is 0 Å². The average Bonchev–Trinajstić information content (AvgIpc) is 2.86. The molecule has 19 heavy (non-hydrogen) atoms. The van der Waals surface area contributed by atoms with Gasteiger partial charge >= 0.3 is 0 Å². The number of aryl methyl sites for hydroxylation is 1. The lowest BCUT2D eigenvalue weighted by Crippen LogP contribution is -2.24. The first-order valence-electron chi connectivity index (χ1n) is 6.88. The number of halogens is 2. The van der Waals surface area contributed by atoms with Crippen molar-refractivity contribution in [1.29, 1.82) is 0 Å². The van der Waals surface area contributed by atoms with E-state index in [0.29, 0.717) is 17.2 Å². The summed E-state index contributed by atoms with van der Waals surface area (Å²) in [4.78, 5) is 0. The highest BCUT2D eigenvalue weighted by molar-refractivity contribution is 5.27. The van der Waals surface area contributed by atoms with Crippen molar-refractivity contribution in [3.8, 4) is 0 Å². The molecule has 1 fully saturated rings. The van der Waals surface area contributed by atoms with E-state index in [1.54, 1.807) is 6.92 Å². The Kier molecular flexibility index (Phi) is 4.88. The van der Waals surface area contributed by atoms with Crippen molar-refractivity contribution >= 4 is 0 Å². The summed E-state index contributed by atoms with van der Waals surface area (Å²) in [5, 5.41) is 3.23. The summed E-state index contributed by atoms with van der Waals surface area (Å²) >= 11 is 0. The second-order valence-electron chi connectivity index (χ2n) is 5.22. The summed E-state index contributed by atoms with van der Waals surface area (Å²) in [7, 11) is 0. The van der Waals surface area contributed by atoms with Gasteiger partial charge in [-0.25, -0.2) is 8.78 Å². The molecule has 2 rings (SSSR count). The van der Waals surface area contributed by atoms with Crippen molar-refractivity contribution in [3.05, 3.63) is 34.9 Å². The maximum absolute atomic E-state index is 13.8. The summed E-state index contributed by atoms with van der Waals surface area (Å²) in [5.41, 5.74) is 0.725. The van der Waals surface area contributed by atoms with E-state index in [1.165, 1.54) is 12.1 Å². The molecular weight excluding hydrogens is 248 g/mol. The van der Waals surface area contributed by atoms with Crippen LogP contribution in [-0.4, -0.2) is 19.3 Å². The Bertz CT molecular complexity index is 430. The first-order valence-corrected chi connectivity index (χ1v) is 6.88. The maximum atomic E-state index is 13.8. The lowest BCUT2D eigenvalue weighted by Gasteiger charge is -2.17. The summed E-state index contributed by atoms with van der Waals surface area (Å²) in [6.45, 7) is 5.01. The topological polar surface area (TPSA) is 21.3 Å². The lowest BCUT2D eigenvalue weighted by atomic mass is 10.0. The maximum Gasteiger partial charge on any atom is 0.128 e. The van der Waals surface area contributed by atoms with E-state index in [1.807, 2.05) is 6.92 Å². The van der Waals surface area contributed by atoms with Gasteiger partial charge in [-0.1, -0.05) is 0 Å². The minimum Gasteiger partial charge on any atom is -0.378 e. The highest BCUT2D eigenvalue weighted by atomic mass is 19.1. The molecule has 4 heteroatoms. The van der Waals surface area contributed by atoms with E-state index in [2.05, 4.69) is 5.32 Å². The Balaban J connectivity index is 1.88. The number of nitrogens with one attached hydrogen (secondary N) is 1. The van der Waals surface area contributed by atoms with E-state index in [-0.39, 0.29) is 17.7 Å². The Morgan fingerprint density at radius 3 is 2.84 bits per heavy atom. The van der Waals surface area contributed by atoms with Crippen LogP contribution >= 0.6 is 0 Å². The molecule has 0 saturated carbocycles. The second-order valence-corrected chi connectivity index (χ2v) is 5.22. The quantitative estimate of drug-likeness (QED) is 0.883. The van der Waals surface area contributed by atoms with Crippen molar-refractivity contribution in [2.75, 3.05) is 13.2 Å². The Hall–Kier alpha value is -1.00.